The van der Waals surface area contributed by atoms with Gasteiger partial charge in [0, 0.05) is 23.8 Å². The Morgan fingerprint density at radius 1 is 1.11 bits per heavy atom. The molecule has 0 fully saturated rings. The van der Waals surface area contributed by atoms with E-state index in [1.165, 1.54) is 0 Å². The molecule has 0 atom stereocenters. The van der Waals surface area contributed by atoms with E-state index in [0.717, 1.165) is 16.7 Å². The molecular formula is C15H16ClNO2. The molecule has 4 heteroatoms. The molecule has 3 nitrogen and oxygen atoms in total. The summed E-state index contributed by atoms with van der Waals surface area (Å²) >= 11 is 5.83. The average Bonchev–Trinajstić information content (AvgIpc) is 2.45. The van der Waals surface area contributed by atoms with Crippen LogP contribution in [0.3, 0.4) is 0 Å². The van der Waals surface area contributed by atoms with Crippen LogP contribution in [-0.4, -0.2) is 12.1 Å². The number of nitrogens with zero attached hydrogens (tertiary/aromatic N) is 1. The fraction of sp³-hybridized carbons (Fsp3) is 0.267. The normalized spacial score (nSPS) is 10.3. The van der Waals surface area contributed by atoms with Gasteiger partial charge in [-0.3, -0.25) is 4.98 Å². The minimum Gasteiger partial charge on any atom is -0.493 e. The van der Waals surface area contributed by atoms with Crippen LogP contribution in [-0.2, 0) is 12.5 Å². The highest BCUT2D eigenvalue weighted by atomic mass is 35.5. The number of ether oxygens (including phenoxy) is 2. The van der Waals surface area contributed by atoms with Gasteiger partial charge in [-0.1, -0.05) is 6.07 Å². The van der Waals surface area contributed by atoms with Gasteiger partial charge in [-0.15, -0.1) is 11.6 Å². The number of aromatic nitrogens is 1. The third kappa shape index (κ3) is 3.61. The monoisotopic (exact) mass is 277 g/mol. The summed E-state index contributed by atoms with van der Waals surface area (Å²) in [4.78, 5) is 4.14. The summed E-state index contributed by atoms with van der Waals surface area (Å²) in [6.45, 7) is 2.46. The van der Waals surface area contributed by atoms with E-state index in [-0.39, 0.29) is 0 Å². The van der Waals surface area contributed by atoms with Crippen molar-refractivity contribution in [3.05, 3.63) is 53.3 Å². The maximum Gasteiger partial charge on any atom is 0.161 e. The van der Waals surface area contributed by atoms with Crippen LogP contribution in [0.2, 0.25) is 0 Å². The number of hydrogen-bond donors (Lipinski definition) is 0. The van der Waals surface area contributed by atoms with E-state index in [4.69, 9.17) is 21.1 Å². The molecule has 0 amide bonds. The standard InChI is InChI=1S/C15H16ClNO2/c1-11-5-13(9-17-8-11)10-19-15-6-12(7-16)3-4-14(15)18-2/h3-6,8-9H,7,10H2,1-2H3. The Morgan fingerprint density at radius 3 is 2.63 bits per heavy atom. The molecule has 1 aromatic carbocycles. The average molecular weight is 278 g/mol. The maximum absolute atomic E-state index is 5.83. The van der Waals surface area contributed by atoms with Gasteiger partial charge in [0.2, 0.25) is 0 Å². The van der Waals surface area contributed by atoms with E-state index in [1.807, 2.05) is 37.4 Å². The zero-order valence-electron chi connectivity index (χ0n) is 11.0. The SMILES string of the molecule is COc1ccc(CCl)cc1OCc1cncc(C)c1. The summed E-state index contributed by atoms with van der Waals surface area (Å²) in [7, 11) is 1.62. The first-order valence-electron chi connectivity index (χ1n) is 5.99. The Bertz CT molecular complexity index is 558. The molecule has 0 aliphatic heterocycles. The Morgan fingerprint density at radius 2 is 1.95 bits per heavy atom. The Labute approximate surface area is 118 Å². The van der Waals surface area contributed by atoms with E-state index >= 15 is 0 Å². The smallest absolute Gasteiger partial charge is 0.161 e. The van der Waals surface area contributed by atoms with Gasteiger partial charge in [-0.2, -0.15) is 0 Å². The number of halogens is 1. The van der Waals surface area contributed by atoms with Crippen molar-refractivity contribution < 1.29 is 9.47 Å². The van der Waals surface area contributed by atoms with Gasteiger partial charge in [-0.25, -0.2) is 0 Å². The van der Waals surface area contributed by atoms with Crippen LogP contribution in [0.5, 0.6) is 11.5 Å². The summed E-state index contributed by atoms with van der Waals surface area (Å²) in [5.74, 6) is 1.85. The van der Waals surface area contributed by atoms with Gasteiger partial charge in [-0.05, 0) is 36.2 Å². The molecule has 1 heterocycles. The molecule has 0 N–H and O–H groups in total. The van der Waals surface area contributed by atoms with Crippen LogP contribution in [0.15, 0.2) is 36.7 Å². The molecule has 0 unspecified atom stereocenters. The predicted octanol–water partition coefficient (Wildman–Crippen LogP) is 3.72. The third-order valence-electron chi connectivity index (χ3n) is 2.71. The first-order valence-corrected chi connectivity index (χ1v) is 6.52. The van der Waals surface area contributed by atoms with Crippen LogP contribution in [0, 0.1) is 6.92 Å². The number of pyridine rings is 1. The number of aryl methyl sites for hydroxylation is 1. The third-order valence-corrected chi connectivity index (χ3v) is 3.02. The summed E-state index contributed by atoms with van der Waals surface area (Å²) in [6, 6.07) is 7.73. The fourth-order valence-electron chi connectivity index (χ4n) is 1.77. The fourth-order valence-corrected chi connectivity index (χ4v) is 1.94. The lowest BCUT2D eigenvalue weighted by Gasteiger charge is -2.12. The van der Waals surface area contributed by atoms with E-state index in [0.29, 0.717) is 24.0 Å². The lowest BCUT2D eigenvalue weighted by atomic mass is 10.2. The Balaban J connectivity index is 2.14. The van der Waals surface area contributed by atoms with Crippen molar-refractivity contribution in [2.24, 2.45) is 0 Å². The topological polar surface area (TPSA) is 31.4 Å². The molecule has 2 rings (SSSR count). The van der Waals surface area contributed by atoms with Crippen molar-refractivity contribution in [1.29, 1.82) is 0 Å². The first kappa shape index (κ1) is 13.7. The summed E-state index contributed by atoms with van der Waals surface area (Å²) in [6.07, 6.45) is 3.61. The van der Waals surface area contributed by atoms with Crippen molar-refractivity contribution in [1.82, 2.24) is 4.98 Å². The number of benzene rings is 1. The quantitative estimate of drug-likeness (QED) is 0.781. The number of hydrogen-bond acceptors (Lipinski definition) is 3. The van der Waals surface area contributed by atoms with E-state index < -0.39 is 0 Å². The molecule has 1 aromatic heterocycles. The Hall–Kier alpha value is -1.74. The van der Waals surface area contributed by atoms with E-state index in [9.17, 15) is 0 Å². The minimum atomic E-state index is 0.451. The van der Waals surface area contributed by atoms with Gasteiger partial charge in [0.1, 0.15) is 6.61 Å². The molecule has 0 saturated heterocycles. The molecule has 0 saturated carbocycles. The van der Waals surface area contributed by atoms with Gasteiger partial charge >= 0.3 is 0 Å². The van der Waals surface area contributed by atoms with Crippen LogP contribution in [0.25, 0.3) is 0 Å². The van der Waals surface area contributed by atoms with E-state index in [2.05, 4.69) is 4.98 Å². The van der Waals surface area contributed by atoms with Crippen molar-refractivity contribution in [2.45, 2.75) is 19.4 Å². The molecule has 2 aromatic rings. The molecular weight excluding hydrogens is 262 g/mol. The highest BCUT2D eigenvalue weighted by Crippen LogP contribution is 2.29. The lowest BCUT2D eigenvalue weighted by Crippen LogP contribution is -1.99. The zero-order valence-corrected chi connectivity index (χ0v) is 11.8. The maximum atomic E-state index is 5.83. The van der Waals surface area contributed by atoms with E-state index in [1.54, 1.807) is 13.3 Å². The van der Waals surface area contributed by atoms with Crippen molar-refractivity contribution >= 4 is 11.6 Å². The summed E-state index contributed by atoms with van der Waals surface area (Å²) < 4.78 is 11.1. The molecule has 0 spiro atoms. The second-order valence-corrected chi connectivity index (χ2v) is 4.55. The van der Waals surface area contributed by atoms with Gasteiger partial charge < -0.3 is 9.47 Å². The lowest BCUT2D eigenvalue weighted by molar-refractivity contribution is 0.284. The molecule has 100 valence electrons. The molecule has 0 aliphatic carbocycles. The number of rotatable bonds is 5. The zero-order chi connectivity index (χ0) is 13.7. The second kappa shape index (κ2) is 6.43. The predicted molar refractivity (Wildman–Crippen MR) is 75.9 cm³/mol. The Kier molecular flexibility index (Phi) is 4.63. The summed E-state index contributed by atoms with van der Waals surface area (Å²) in [5.41, 5.74) is 3.14. The highest BCUT2D eigenvalue weighted by Gasteiger charge is 2.06. The van der Waals surface area contributed by atoms with Crippen molar-refractivity contribution in [2.75, 3.05) is 7.11 Å². The molecule has 0 aliphatic rings. The number of methoxy groups -OCH3 is 1. The van der Waals surface area contributed by atoms with Crippen LogP contribution in [0.1, 0.15) is 16.7 Å². The highest BCUT2D eigenvalue weighted by molar-refractivity contribution is 6.17. The van der Waals surface area contributed by atoms with Gasteiger partial charge in [0.25, 0.3) is 0 Å². The largest absolute Gasteiger partial charge is 0.493 e. The summed E-state index contributed by atoms with van der Waals surface area (Å²) in [5, 5.41) is 0. The van der Waals surface area contributed by atoms with Crippen LogP contribution in [0.4, 0.5) is 0 Å². The van der Waals surface area contributed by atoms with Crippen molar-refractivity contribution in [3.63, 3.8) is 0 Å². The van der Waals surface area contributed by atoms with Crippen LogP contribution < -0.4 is 9.47 Å². The number of alkyl halides is 1. The van der Waals surface area contributed by atoms with Gasteiger partial charge in [0.05, 0.1) is 7.11 Å². The molecule has 0 radical (unpaired) electrons. The molecule has 0 bridgehead atoms. The second-order valence-electron chi connectivity index (χ2n) is 4.28. The first-order chi connectivity index (χ1) is 9.22. The van der Waals surface area contributed by atoms with Crippen LogP contribution >= 0.6 is 11.6 Å². The van der Waals surface area contributed by atoms with Gasteiger partial charge in [0.15, 0.2) is 11.5 Å². The molecule has 19 heavy (non-hydrogen) atoms. The minimum absolute atomic E-state index is 0.451. The van der Waals surface area contributed by atoms with Crippen molar-refractivity contribution in [3.8, 4) is 11.5 Å².